The molecule has 0 atom stereocenters. The SMILES string of the molecule is CC(C)(O)CCn1nc2n(c1=O)CCCC2. The van der Waals surface area contributed by atoms with E-state index < -0.39 is 5.60 Å². The van der Waals surface area contributed by atoms with Crippen LogP contribution in [0.3, 0.4) is 0 Å². The molecule has 0 saturated carbocycles. The summed E-state index contributed by atoms with van der Waals surface area (Å²) in [7, 11) is 0. The van der Waals surface area contributed by atoms with Crippen LogP contribution in [0, 0.1) is 0 Å². The standard InChI is InChI=1S/C11H19N3O2/c1-11(2,16)6-8-14-10(15)13-7-4-3-5-9(13)12-14/h16H,3-8H2,1-2H3. The fraction of sp³-hybridized carbons (Fsp3) is 0.818. The quantitative estimate of drug-likeness (QED) is 0.817. The number of nitrogens with zero attached hydrogens (tertiary/aromatic N) is 3. The summed E-state index contributed by atoms with van der Waals surface area (Å²) in [5.41, 5.74) is -0.775. The summed E-state index contributed by atoms with van der Waals surface area (Å²) < 4.78 is 3.24. The van der Waals surface area contributed by atoms with E-state index in [1.807, 2.05) is 0 Å². The molecule has 1 aromatic heterocycles. The van der Waals surface area contributed by atoms with E-state index in [0.717, 1.165) is 31.6 Å². The second-order valence-corrected chi connectivity index (χ2v) is 5.09. The van der Waals surface area contributed by atoms with Gasteiger partial charge in [0.15, 0.2) is 0 Å². The molecular formula is C11H19N3O2. The van der Waals surface area contributed by atoms with Crippen molar-refractivity contribution in [3.63, 3.8) is 0 Å². The maximum absolute atomic E-state index is 11.9. The van der Waals surface area contributed by atoms with E-state index in [2.05, 4.69) is 5.10 Å². The molecule has 0 spiro atoms. The van der Waals surface area contributed by atoms with Gasteiger partial charge < -0.3 is 5.11 Å². The fourth-order valence-electron chi connectivity index (χ4n) is 1.97. The van der Waals surface area contributed by atoms with Gasteiger partial charge in [0.05, 0.1) is 5.60 Å². The molecule has 5 heteroatoms. The molecular weight excluding hydrogens is 206 g/mol. The smallest absolute Gasteiger partial charge is 0.345 e. The number of aryl methyl sites for hydroxylation is 2. The lowest BCUT2D eigenvalue weighted by molar-refractivity contribution is 0.0647. The maximum Gasteiger partial charge on any atom is 0.345 e. The normalized spacial score (nSPS) is 16.2. The molecule has 0 bridgehead atoms. The van der Waals surface area contributed by atoms with Crippen LogP contribution in [0.2, 0.25) is 0 Å². The van der Waals surface area contributed by atoms with Gasteiger partial charge in [-0.1, -0.05) is 0 Å². The predicted molar refractivity (Wildman–Crippen MR) is 60.3 cm³/mol. The molecule has 5 nitrogen and oxygen atoms in total. The van der Waals surface area contributed by atoms with E-state index in [0.29, 0.717) is 13.0 Å². The molecule has 0 fully saturated rings. The summed E-state index contributed by atoms with van der Waals surface area (Å²) >= 11 is 0. The molecule has 0 radical (unpaired) electrons. The van der Waals surface area contributed by atoms with Crippen LogP contribution in [0.4, 0.5) is 0 Å². The summed E-state index contributed by atoms with van der Waals surface area (Å²) in [6.45, 7) is 4.76. The molecule has 16 heavy (non-hydrogen) atoms. The third-order valence-corrected chi connectivity index (χ3v) is 2.97. The highest BCUT2D eigenvalue weighted by Gasteiger charge is 2.18. The van der Waals surface area contributed by atoms with Crippen molar-refractivity contribution < 1.29 is 5.11 Å². The lowest BCUT2D eigenvalue weighted by Crippen LogP contribution is -2.29. The van der Waals surface area contributed by atoms with Crippen LogP contribution in [-0.2, 0) is 19.5 Å². The molecule has 1 aliphatic heterocycles. The van der Waals surface area contributed by atoms with Crippen molar-refractivity contribution >= 4 is 0 Å². The van der Waals surface area contributed by atoms with E-state index >= 15 is 0 Å². The highest BCUT2D eigenvalue weighted by molar-refractivity contribution is 4.91. The number of fused-ring (bicyclic) bond motifs is 1. The summed E-state index contributed by atoms with van der Waals surface area (Å²) in [4.78, 5) is 11.9. The Morgan fingerprint density at radius 1 is 1.44 bits per heavy atom. The molecule has 1 N–H and O–H groups in total. The minimum absolute atomic E-state index is 0.0287. The van der Waals surface area contributed by atoms with Gasteiger partial charge in [0.25, 0.3) is 0 Å². The van der Waals surface area contributed by atoms with Gasteiger partial charge in [-0.2, -0.15) is 5.10 Å². The predicted octanol–water partition coefficient (Wildman–Crippen LogP) is 0.542. The van der Waals surface area contributed by atoms with Crippen molar-refractivity contribution in [3.8, 4) is 0 Å². The first kappa shape index (κ1) is 11.4. The highest BCUT2D eigenvalue weighted by atomic mass is 16.3. The Bertz CT molecular complexity index is 425. The molecule has 0 aromatic carbocycles. The zero-order valence-corrected chi connectivity index (χ0v) is 9.94. The van der Waals surface area contributed by atoms with Crippen LogP contribution in [0.5, 0.6) is 0 Å². The monoisotopic (exact) mass is 225 g/mol. The van der Waals surface area contributed by atoms with Gasteiger partial charge in [-0.25, -0.2) is 9.48 Å². The Labute approximate surface area is 94.7 Å². The third kappa shape index (κ3) is 2.35. The van der Waals surface area contributed by atoms with E-state index in [1.54, 1.807) is 18.4 Å². The molecule has 90 valence electrons. The second-order valence-electron chi connectivity index (χ2n) is 5.09. The number of hydrogen-bond donors (Lipinski definition) is 1. The van der Waals surface area contributed by atoms with Gasteiger partial charge in [0.2, 0.25) is 0 Å². The number of rotatable bonds is 3. The van der Waals surface area contributed by atoms with Gasteiger partial charge in [0.1, 0.15) is 5.82 Å². The van der Waals surface area contributed by atoms with Crippen molar-refractivity contribution in [2.24, 2.45) is 0 Å². The van der Waals surface area contributed by atoms with Gasteiger partial charge >= 0.3 is 5.69 Å². The molecule has 0 saturated heterocycles. The first-order valence-electron chi connectivity index (χ1n) is 5.86. The van der Waals surface area contributed by atoms with Gasteiger partial charge in [0, 0.05) is 19.5 Å². The van der Waals surface area contributed by atoms with Gasteiger partial charge in [-0.15, -0.1) is 0 Å². The average Bonchev–Trinajstić information content (AvgIpc) is 2.53. The Kier molecular flexibility index (Phi) is 2.88. The van der Waals surface area contributed by atoms with Gasteiger partial charge in [-0.05, 0) is 33.1 Å². The van der Waals surface area contributed by atoms with Crippen LogP contribution in [-0.4, -0.2) is 25.1 Å². The minimum atomic E-state index is -0.746. The summed E-state index contributed by atoms with van der Waals surface area (Å²) in [6.07, 6.45) is 3.61. The van der Waals surface area contributed by atoms with Crippen molar-refractivity contribution in [2.45, 2.75) is 58.2 Å². The Balaban J connectivity index is 2.16. The van der Waals surface area contributed by atoms with Crippen LogP contribution in [0.15, 0.2) is 4.79 Å². The summed E-state index contributed by atoms with van der Waals surface area (Å²) in [5.74, 6) is 0.895. The molecule has 2 rings (SSSR count). The van der Waals surface area contributed by atoms with Gasteiger partial charge in [-0.3, -0.25) is 4.57 Å². The highest BCUT2D eigenvalue weighted by Crippen LogP contribution is 2.11. The number of aromatic nitrogens is 3. The van der Waals surface area contributed by atoms with Crippen LogP contribution < -0.4 is 5.69 Å². The lowest BCUT2D eigenvalue weighted by Gasteiger charge is -2.15. The van der Waals surface area contributed by atoms with Crippen LogP contribution in [0.1, 0.15) is 38.9 Å². The van der Waals surface area contributed by atoms with Crippen LogP contribution in [0.25, 0.3) is 0 Å². The van der Waals surface area contributed by atoms with E-state index in [1.165, 1.54) is 4.68 Å². The molecule has 0 aliphatic carbocycles. The van der Waals surface area contributed by atoms with E-state index in [4.69, 9.17) is 0 Å². The summed E-state index contributed by atoms with van der Waals surface area (Å²) in [5, 5.41) is 13.9. The van der Waals surface area contributed by atoms with Crippen molar-refractivity contribution in [2.75, 3.05) is 0 Å². The summed E-state index contributed by atoms with van der Waals surface area (Å²) in [6, 6.07) is 0. The molecule has 2 heterocycles. The van der Waals surface area contributed by atoms with Crippen molar-refractivity contribution in [1.82, 2.24) is 14.3 Å². The Hall–Kier alpha value is -1.10. The topological polar surface area (TPSA) is 60.0 Å². The molecule has 1 aromatic rings. The van der Waals surface area contributed by atoms with E-state index in [9.17, 15) is 9.90 Å². The largest absolute Gasteiger partial charge is 0.390 e. The average molecular weight is 225 g/mol. The zero-order chi connectivity index (χ0) is 11.8. The van der Waals surface area contributed by atoms with Crippen molar-refractivity contribution in [1.29, 1.82) is 0 Å². The zero-order valence-electron chi connectivity index (χ0n) is 9.94. The van der Waals surface area contributed by atoms with Crippen molar-refractivity contribution in [3.05, 3.63) is 16.3 Å². The first-order chi connectivity index (χ1) is 7.47. The molecule has 0 amide bonds. The minimum Gasteiger partial charge on any atom is -0.390 e. The molecule has 1 aliphatic rings. The maximum atomic E-state index is 11.9. The third-order valence-electron chi connectivity index (χ3n) is 2.97. The number of hydrogen-bond acceptors (Lipinski definition) is 3. The molecule has 0 unspecified atom stereocenters. The lowest BCUT2D eigenvalue weighted by atomic mass is 10.1. The van der Waals surface area contributed by atoms with E-state index in [-0.39, 0.29) is 5.69 Å². The second kappa shape index (κ2) is 4.05. The van der Waals surface area contributed by atoms with Crippen LogP contribution >= 0.6 is 0 Å². The first-order valence-corrected chi connectivity index (χ1v) is 5.86. The Morgan fingerprint density at radius 3 is 2.81 bits per heavy atom. The number of aliphatic hydroxyl groups is 1. The Morgan fingerprint density at radius 2 is 2.19 bits per heavy atom. The fourth-order valence-corrected chi connectivity index (χ4v) is 1.97.